The molecule has 0 aliphatic heterocycles. The molecule has 0 heterocycles. The van der Waals surface area contributed by atoms with Gasteiger partial charge in [-0.05, 0) is 43.4 Å². The van der Waals surface area contributed by atoms with Crippen LogP contribution in [0.4, 0.5) is 0 Å². The van der Waals surface area contributed by atoms with Crippen LogP contribution in [0.3, 0.4) is 0 Å². The fourth-order valence-electron chi connectivity index (χ4n) is 12.5. The van der Waals surface area contributed by atoms with E-state index in [9.17, 15) is 43.2 Å². The van der Waals surface area contributed by atoms with Crippen molar-refractivity contribution in [1.29, 1.82) is 0 Å². The van der Waals surface area contributed by atoms with E-state index < -0.39 is 97.5 Å². The van der Waals surface area contributed by atoms with Gasteiger partial charge < -0.3 is 33.8 Å². The molecule has 0 fully saturated rings. The van der Waals surface area contributed by atoms with Crippen LogP contribution in [0, 0.1) is 17.8 Å². The van der Waals surface area contributed by atoms with Gasteiger partial charge in [0, 0.05) is 25.7 Å². The van der Waals surface area contributed by atoms with E-state index in [4.69, 9.17) is 37.0 Å². The molecule has 0 amide bonds. The molecule has 0 saturated carbocycles. The molecule has 0 aromatic carbocycles. The molecular formula is C81H158O17P2. The van der Waals surface area contributed by atoms with Gasteiger partial charge >= 0.3 is 39.5 Å². The molecule has 0 radical (unpaired) electrons. The largest absolute Gasteiger partial charge is 0.472 e. The molecule has 100 heavy (non-hydrogen) atoms. The molecule has 594 valence electrons. The number of hydrogen-bond donors (Lipinski definition) is 3. The maximum absolute atomic E-state index is 13.1. The van der Waals surface area contributed by atoms with Crippen LogP contribution in [0.25, 0.3) is 0 Å². The van der Waals surface area contributed by atoms with Gasteiger partial charge in [-0.15, -0.1) is 0 Å². The van der Waals surface area contributed by atoms with Gasteiger partial charge in [0.25, 0.3) is 0 Å². The van der Waals surface area contributed by atoms with E-state index in [1.165, 1.54) is 231 Å². The van der Waals surface area contributed by atoms with Crippen LogP contribution in [0.15, 0.2) is 0 Å². The van der Waals surface area contributed by atoms with Crippen molar-refractivity contribution < 1.29 is 80.2 Å². The summed E-state index contributed by atoms with van der Waals surface area (Å²) in [6.07, 6.45) is 59.5. The van der Waals surface area contributed by atoms with Gasteiger partial charge in [0.05, 0.1) is 26.4 Å². The summed E-state index contributed by atoms with van der Waals surface area (Å²) in [6, 6.07) is 0. The molecule has 0 spiro atoms. The molecule has 0 bridgehead atoms. The van der Waals surface area contributed by atoms with E-state index in [2.05, 4.69) is 48.5 Å². The van der Waals surface area contributed by atoms with Gasteiger partial charge in [-0.25, -0.2) is 9.13 Å². The van der Waals surface area contributed by atoms with Crippen molar-refractivity contribution in [1.82, 2.24) is 0 Å². The number of aliphatic hydroxyl groups excluding tert-OH is 1. The fraction of sp³-hybridized carbons (Fsp3) is 0.951. The molecule has 0 aliphatic carbocycles. The van der Waals surface area contributed by atoms with Gasteiger partial charge in [0.1, 0.15) is 19.3 Å². The monoisotopic (exact) mass is 1470 g/mol. The van der Waals surface area contributed by atoms with Gasteiger partial charge in [-0.2, -0.15) is 0 Å². The summed E-state index contributed by atoms with van der Waals surface area (Å²) in [5, 5.41) is 10.6. The van der Waals surface area contributed by atoms with Crippen molar-refractivity contribution in [3.8, 4) is 0 Å². The first-order valence-corrected chi connectivity index (χ1v) is 44.9. The summed E-state index contributed by atoms with van der Waals surface area (Å²) in [5.41, 5.74) is 0. The van der Waals surface area contributed by atoms with Crippen LogP contribution in [-0.2, 0) is 65.4 Å². The van der Waals surface area contributed by atoms with E-state index in [0.717, 1.165) is 108 Å². The van der Waals surface area contributed by atoms with Crippen LogP contribution in [-0.4, -0.2) is 96.7 Å². The van der Waals surface area contributed by atoms with E-state index in [-0.39, 0.29) is 25.7 Å². The second-order valence-electron chi connectivity index (χ2n) is 30.4. The van der Waals surface area contributed by atoms with Gasteiger partial charge in [-0.1, -0.05) is 370 Å². The van der Waals surface area contributed by atoms with E-state index in [1.54, 1.807) is 0 Å². The number of rotatable bonds is 79. The molecule has 0 aromatic rings. The van der Waals surface area contributed by atoms with Gasteiger partial charge in [0.15, 0.2) is 12.2 Å². The van der Waals surface area contributed by atoms with Crippen molar-refractivity contribution >= 4 is 39.5 Å². The number of carbonyl (C=O) groups excluding carboxylic acids is 4. The number of phosphoric ester groups is 2. The molecule has 6 atom stereocenters. The Bertz CT molecular complexity index is 1940. The minimum absolute atomic E-state index is 0.108. The third-order valence-electron chi connectivity index (χ3n) is 19.2. The number of hydrogen-bond acceptors (Lipinski definition) is 15. The molecule has 3 unspecified atom stereocenters. The second-order valence-corrected chi connectivity index (χ2v) is 33.3. The van der Waals surface area contributed by atoms with Gasteiger partial charge in [0.2, 0.25) is 0 Å². The number of esters is 4. The topological polar surface area (TPSA) is 237 Å². The number of unbranched alkanes of at least 4 members (excludes halogenated alkanes) is 46. The predicted molar refractivity (Wildman–Crippen MR) is 409 cm³/mol. The average Bonchev–Trinajstić information content (AvgIpc) is 0.957. The Labute approximate surface area is 613 Å². The number of phosphoric acid groups is 2. The highest BCUT2D eigenvalue weighted by Crippen LogP contribution is 2.45. The van der Waals surface area contributed by atoms with Crippen LogP contribution < -0.4 is 0 Å². The SMILES string of the molecule is CCCCCCCCCCCCCCCCC(=O)O[C@H](COC(=O)CCCCCCCCCCCCC(C)C)COP(=O)(O)OC[C@H](O)COP(=O)(O)OC[C@@H](COC(=O)CCCCCCCCCCCCC(C)CC)OC(=O)CCCCCCCCCCCCCCCCCCC(C)C. The van der Waals surface area contributed by atoms with E-state index in [0.29, 0.717) is 25.7 Å². The average molecular weight is 1470 g/mol. The number of aliphatic hydroxyl groups is 1. The summed E-state index contributed by atoms with van der Waals surface area (Å²) in [4.78, 5) is 73.1. The minimum atomic E-state index is -4.96. The first-order chi connectivity index (χ1) is 48.3. The van der Waals surface area contributed by atoms with Crippen molar-refractivity contribution in [2.45, 2.75) is 439 Å². The summed E-state index contributed by atoms with van der Waals surface area (Å²) in [7, 11) is -9.92. The standard InChI is InChI=1S/C81H158O17P2/c1-8-10-11-12-13-14-15-16-22-25-36-43-50-57-64-80(85)97-76(68-91-78(83)62-55-48-41-34-29-27-32-39-46-53-60-73(5)6)70-95-99(87,88)93-66-75(82)67-94-100(89,90)96-71-77(69-92-79(84)63-56-49-42-35-30-28-33-40-47-54-61-74(7)9-2)98-81(86)65-58-51-44-37-26-23-20-18-17-19-21-24-31-38-45-52-59-72(3)4/h72-77,82H,8-71H2,1-7H3,(H,87,88)(H,89,90)/t74?,75-,76+,77+/m0/s1. The first kappa shape index (κ1) is 98.1. The molecule has 0 rings (SSSR count). The van der Waals surface area contributed by atoms with Crippen molar-refractivity contribution in [3.05, 3.63) is 0 Å². The quantitative estimate of drug-likeness (QED) is 0.0222. The lowest BCUT2D eigenvalue weighted by atomic mass is 9.99. The molecule has 0 aromatic heterocycles. The number of carbonyl (C=O) groups is 4. The molecular weight excluding hydrogens is 1310 g/mol. The summed E-state index contributed by atoms with van der Waals surface area (Å²) in [6.45, 7) is 12.0. The first-order valence-electron chi connectivity index (χ1n) is 41.9. The highest BCUT2D eigenvalue weighted by molar-refractivity contribution is 7.47. The zero-order valence-electron chi connectivity index (χ0n) is 65.7. The summed E-state index contributed by atoms with van der Waals surface area (Å²) in [5.74, 6) is 0.269. The third-order valence-corrected chi connectivity index (χ3v) is 21.1. The minimum Gasteiger partial charge on any atom is -0.462 e. The van der Waals surface area contributed by atoms with Crippen molar-refractivity contribution in [2.24, 2.45) is 17.8 Å². The maximum Gasteiger partial charge on any atom is 0.472 e. The lowest BCUT2D eigenvalue weighted by Crippen LogP contribution is -2.30. The Balaban J connectivity index is 5.26. The van der Waals surface area contributed by atoms with E-state index in [1.807, 2.05) is 0 Å². The lowest BCUT2D eigenvalue weighted by molar-refractivity contribution is -0.161. The molecule has 17 nitrogen and oxygen atoms in total. The van der Waals surface area contributed by atoms with Crippen molar-refractivity contribution in [2.75, 3.05) is 39.6 Å². The van der Waals surface area contributed by atoms with Crippen LogP contribution >= 0.6 is 15.6 Å². The van der Waals surface area contributed by atoms with Crippen LogP contribution in [0.5, 0.6) is 0 Å². The lowest BCUT2D eigenvalue weighted by Gasteiger charge is -2.21. The predicted octanol–water partition coefficient (Wildman–Crippen LogP) is 24.1. The molecule has 3 N–H and O–H groups in total. The Morgan fingerprint density at radius 2 is 0.510 bits per heavy atom. The summed E-state index contributed by atoms with van der Waals surface area (Å²) < 4.78 is 68.8. The Hall–Kier alpha value is -1.94. The maximum atomic E-state index is 13.1. The number of ether oxygens (including phenoxy) is 4. The Morgan fingerprint density at radius 3 is 0.760 bits per heavy atom. The molecule has 0 saturated heterocycles. The third kappa shape index (κ3) is 73.0. The van der Waals surface area contributed by atoms with Crippen molar-refractivity contribution in [3.63, 3.8) is 0 Å². The molecule has 19 heteroatoms. The summed E-state index contributed by atoms with van der Waals surface area (Å²) >= 11 is 0. The normalized spacial score (nSPS) is 14.2. The van der Waals surface area contributed by atoms with Crippen LogP contribution in [0.1, 0.15) is 421 Å². The fourth-order valence-corrected chi connectivity index (χ4v) is 14.0. The zero-order valence-corrected chi connectivity index (χ0v) is 67.5. The highest BCUT2D eigenvalue weighted by Gasteiger charge is 2.30. The van der Waals surface area contributed by atoms with E-state index >= 15 is 0 Å². The smallest absolute Gasteiger partial charge is 0.462 e. The Kier molecular flexibility index (Phi) is 69.9. The van der Waals surface area contributed by atoms with Crippen LogP contribution in [0.2, 0.25) is 0 Å². The Morgan fingerprint density at radius 1 is 0.290 bits per heavy atom. The van der Waals surface area contributed by atoms with Gasteiger partial charge in [-0.3, -0.25) is 37.3 Å². The zero-order chi connectivity index (χ0) is 73.7. The molecule has 0 aliphatic rings. The second kappa shape index (κ2) is 71.3. The highest BCUT2D eigenvalue weighted by atomic mass is 31.2.